The van der Waals surface area contributed by atoms with Crippen molar-refractivity contribution in [1.29, 1.82) is 0 Å². The van der Waals surface area contributed by atoms with Crippen LogP contribution in [0.5, 0.6) is 0 Å². The molecule has 0 aliphatic carbocycles. The Labute approximate surface area is 130 Å². The molecular formula is C15H9BrF6. The van der Waals surface area contributed by atoms with Gasteiger partial charge in [0.05, 0.1) is 11.1 Å². The van der Waals surface area contributed by atoms with E-state index in [1.807, 2.05) is 0 Å². The van der Waals surface area contributed by atoms with E-state index in [0.29, 0.717) is 0 Å². The van der Waals surface area contributed by atoms with Crippen LogP contribution in [0.3, 0.4) is 0 Å². The molecule has 118 valence electrons. The second-order valence-electron chi connectivity index (χ2n) is 4.55. The topological polar surface area (TPSA) is 0 Å². The minimum absolute atomic E-state index is 0.0271. The molecule has 0 heterocycles. The monoisotopic (exact) mass is 382 g/mol. The molecule has 2 aromatic carbocycles. The van der Waals surface area contributed by atoms with Gasteiger partial charge in [-0.1, -0.05) is 46.3 Å². The van der Waals surface area contributed by atoms with Gasteiger partial charge in [-0.05, 0) is 28.8 Å². The molecule has 0 saturated heterocycles. The fourth-order valence-electron chi connectivity index (χ4n) is 2.11. The van der Waals surface area contributed by atoms with Crippen molar-refractivity contribution < 1.29 is 26.3 Å². The Morgan fingerprint density at radius 2 is 1.36 bits per heavy atom. The van der Waals surface area contributed by atoms with Crippen LogP contribution in [0.25, 0.3) is 11.1 Å². The summed E-state index contributed by atoms with van der Waals surface area (Å²) < 4.78 is 78.0. The van der Waals surface area contributed by atoms with E-state index in [9.17, 15) is 26.3 Å². The zero-order valence-corrected chi connectivity index (χ0v) is 12.5. The predicted molar refractivity (Wildman–Crippen MR) is 74.5 cm³/mol. The Balaban J connectivity index is 2.65. The lowest BCUT2D eigenvalue weighted by atomic mass is 9.95. The summed E-state index contributed by atoms with van der Waals surface area (Å²) in [6, 6.07) is 7.75. The van der Waals surface area contributed by atoms with Crippen molar-refractivity contribution >= 4 is 15.9 Å². The van der Waals surface area contributed by atoms with Crippen LogP contribution in [0.2, 0.25) is 0 Å². The van der Waals surface area contributed by atoms with Gasteiger partial charge in [0.2, 0.25) is 0 Å². The summed E-state index contributed by atoms with van der Waals surface area (Å²) in [5.74, 6) is 0. The lowest BCUT2D eigenvalue weighted by Crippen LogP contribution is -2.10. The van der Waals surface area contributed by atoms with Gasteiger partial charge in [-0.15, -0.1) is 0 Å². The van der Waals surface area contributed by atoms with Gasteiger partial charge in [0.15, 0.2) is 0 Å². The normalized spacial score (nSPS) is 12.5. The third-order valence-electron chi connectivity index (χ3n) is 3.10. The van der Waals surface area contributed by atoms with Crippen LogP contribution in [-0.4, -0.2) is 0 Å². The van der Waals surface area contributed by atoms with Crippen molar-refractivity contribution in [3.8, 4) is 11.1 Å². The molecule has 0 saturated carbocycles. The summed E-state index contributed by atoms with van der Waals surface area (Å²) in [4.78, 5) is 0. The van der Waals surface area contributed by atoms with Crippen molar-refractivity contribution in [3.05, 3.63) is 59.2 Å². The molecule has 2 rings (SSSR count). The zero-order valence-electron chi connectivity index (χ0n) is 10.9. The minimum Gasteiger partial charge on any atom is -0.166 e. The Bertz CT molecular complexity index is 672. The van der Waals surface area contributed by atoms with Gasteiger partial charge >= 0.3 is 12.4 Å². The van der Waals surface area contributed by atoms with Gasteiger partial charge in [-0.3, -0.25) is 0 Å². The van der Waals surface area contributed by atoms with Crippen LogP contribution in [0.4, 0.5) is 26.3 Å². The molecule has 0 nitrogen and oxygen atoms in total. The highest BCUT2D eigenvalue weighted by Crippen LogP contribution is 2.40. The molecule has 0 aromatic heterocycles. The quantitative estimate of drug-likeness (QED) is 0.423. The number of benzene rings is 2. The second kappa shape index (κ2) is 5.95. The lowest BCUT2D eigenvalue weighted by molar-refractivity contribution is -0.138. The van der Waals surface area contributed by atoms with Crippen LogP contribution in [-0.2, 0) is 17.7 Å². The summed E-state index contributed by atoms with van der Waals surface area (Å²) in [6.45, 7) is 0. The molecule has 7 heteroatoms. The van der Waals surface area contributed by atoms with Crippen LogP contribution in [0.15, 0.2) is 42.5 Å². The number of halogens is 7. The van der Waals surface area contributed by atoms with E-state index < -0.39 is 23.5 Å². The maximum absolute atomic E-state index is 13.0. The van der Waals surface area contributed by atoms with Crippen molar-refractivity contribution in [2.75, 3.05) is 0 Å². The van der Waals surface area contributed by atoms with Gasteiger partial charge in [-0.2, -0.15) is 26.3 Å². The molecule has 22 heavy (non-hydrogen) atoms. The Kier molecular flexibility index (Phi) is 4.56. The zero-order chi connectivity index (χ0) is 16.5. The molecular weight excluding hydrogens is 374 g/mol. The summed E-state index contributed by atoms with van der Waals surface area (Å²) in [7, 11) is 0. The Morgan fingerprint density at radius 1 is 0.773 bits per heavy atom. The van der Waals surface area contributed by atoms with Crippen LogP contribution in [0.1, 0.15) is 16.7 Å². The molecule has 2 aromatic rings. The molecule has 0 radical (unpaired) electrons. The fourth-order valence-corrected chi connectivity index (χ4v) is 2.60. The smallest absolute Gasteiger partial charge is 0.166 e. The van der Waals surface area contributed by atoms with E-state index in [0.717, 1.165) is 18.2 Å². The second-order valence-corrected chi connectivity index (χ2v) is 5.11. The average Bonchev–Trinajstić information content (AvgIpc) is 2.45. The third-order valence-corrected chi connectivity index (χ3v) is 3.71. The average molecular weight is 383 g/mol. The fraction of sp³-hybridized carbons (Fsp3) is 0.200. The molecule has 0 aliphatic rings. The lowest BCUT2D eigenvalue weighted by Gasteiger charge is -2.16. The standard InChI is InChI=1S/C15H9BrF6/c16-8-10-6-5-9(7-13(10)15(20,21)22)11-3-1-2-4-12(11)14(17,18)19/h1-7H,8H2. The summed E-state index contributed by atoms with van der Waals surface area (Å²) in [6.07, 6.45) is -9.27. The Hall–Kier alpha value is -1.50. The maximum Gasteiger partial charge on any atom is 0.417 e. The number of rotatable bonds is 2. The van der Waals surface area contributed by atoms with E-state index in [1.165, 1.54) is 24.3 Å². The molecule has 0 amide bonds. The van der Waals surface area contributed by atoms with E-state index >= 15 is 0 Å². The van der Waals surface area contributed by atoms with E-state index in [-0.39, 0.29) is 22.0 Å². The molecule has 0 N–H and O–H groups in total. The minimum atomic E-state index is -4.64. The SMILES string of the molecule is FC(F)(F)c1cc(-c2ccccc2C(F)(F)F)ccc1CBr. The van der Waals surface area contributed by atoms with Crippen LogP contribution >= 0.6 is 15.9 Å². The van der Waals surface area contributed by atoms with Crippen LogP contribution in [0, 0.1) is 0 Å². The van der Waals surface area contributed by atoms with E-state index in [4.69, 9.17) is 0 Å². The van der Waals surface area contributed by atoms with Crippen molar-refractivity contribution in [2.45, 2.75) is 17.7 Å². The predicted octanol–water partition coefficient (Wildman–Crippen LogP) is 6.29. The van der Waals surface area contributed by atoms with Crippen molar-refractivity contribution in [2.24, 2.45) is 0 Å². The summed E-state index contributed by atoms with van der Waals surface area (Å²) >= 11 is 2.95. The van der Waals surface area contributed by atoms with Crippen LogP contribution < -0.4 is 0 Å². The number of alkyl halides is 7. The first kappa shape index (κ1) is 16.9. The summed E-state index contributed by atoms with van der Waals surface area (Å²) in [5, 5.41) is -0.0386. The maximum atomic E-state index is 13.0. The van der Waals surface area contributed by atoms with Gasteiger partial charge in [0, 0.05) is 5.33 Å². The molecule has 0 bridgehead atoms. The highest BCUT2D eigenvalue weighted by atomic mass is 79.9. The molecule has 0 aliphatic heterocycles. The first-order valence-corrected chi connectivity index (χ1v) is 7.19. The number of hydrogen-bond acceptors (Lipinski definition) is 0. The van der Waals surface area contributed by atoms with Gasteiger partial charge in [0.25, 0.3) is 0 Å². The van der Waals surface area contributed by atoms with Gasteiger partial charge in [0.1, 0.15) is 0 Å². The molecule has 0 atom stereocenters. The molecule has 0 unspecified atom stereocenters. The first-order valence-electron chi connectivity index (χ1n) is 6.07. The van der Waals surface area contributed by atoms with Gasteiger partial charge in [-0.25, -0.2) is 0 Å². The third kappa shape index (κ3) is 3.45. The van der Waals surface area contributed by atoms with Crippen molar-refractivity contribution in [1.82, 2.24) is 0 Å². The Morgan fingerprint density at radius 3 is 1.91 bits per heavy atom. The highest BCUT2D eigenvalue weighted by molar-refractivity contribution is 9.08. The largest absolute Gasteiger partial charge is 0.417 e. The van der Waals surface area contributed by atoms with E-state index in [1.54, 1.807) is 0 Å². The highest BCUT2D eigenvalue weighted by Gasteiger charge is 2.36. The van der Waals surface area contributed by atoms with Gasteiger partial charge < -0.3 is 0 Å². The molecule has 0 fully saturated rings. The number of hydrogen-bond donors (Lipinski definition) is 0. The first-order chi connectivity index (χ1) is 10.1. The summed E-state index contributed by atoms with van der Waals surface area (Å²) in [5.41, 5.74) is -2.33. The van der Waals surface area contributed by atoms with E-state index in [2.05, 4.69) is 15.9 Å². The molecule has 0 spiro atoms. The van der Waals surface area contributed by atoms with Crippen molar-refractivity contribution in [3.63, 3.8) is 0 Å².